The summed E-state index contributed by atoms with van der Waals surface area (Å²) in [6.45, 7) is 6.95. The van der Waals surface area contributed by atoms with Crippen molar-refractivity contribution in [2.45, 2.75) is 32.3 Å². The monoisotopic (exact) mass is 273 g/mol. The van der Waals surface area contributed by atoms with E-state index in [2.05, 4.69) is 6.58 Å². The van der Waals surface area contributed by atoms with Crippen LogP contribution in [0.4, 0.5) is 13.6 Å². The zero-order valence-electron chi connectivity index (χ0n) is 10.8. The quantitative estimate of drug-likeness (QED) is 0.452. The minimum Gasteiger partial charge on any atom is -0.544 e. The first-order valence-electron chi connectivity index (χ1n) is 4.71. The largest absolute Gasteiger partial charge is 1.00 e. The predicted molar refractivity (Wildman–Crippen MR) is 53.3 cm³/mol. The van der Waals surface area contributed by atoms with Gasteiger partial charge in [0.25, 0.3) is 0 Å². The number of carbonyl (C=O) groups excluding carboxylic acids is 2. The third-order valence-corrected chi connectivity index (χ3v) is 1.55. The molecule has 8 heteroatoms. The van der Waals surface area contributed by atoms with Crippen molar-refractivity contribution in [3.63, 3.8) is 0 Å². The maximum Gasteiger partial charge on any atom is 1.00 e. The Hall–Kier alpha value is -0.660. The number of aliphatic carboxylic acids is 1. The van der Waals surface area contributed by atoms with Gasteiger partial charge < -0.3 is 20.0 Å². The van der Waals surface area contributed by atoms with Gasteiger partial charge in [0.2, 0.25) is 0 Å². The van der Waals surface area contributed by atoms with Crippen LogP contribution in [0.1, 0.15) is 20.8 Å². The smallest absolute Gasteiger partial charge is 0.544 e. The van der Waals surface area contributed by atoms with Crippen LogP contribution in [-0.2, 0) is 9.53 Å². The molecule has 98 valence electrons. The molecule has 0 aromatic carbocycles. The number of nitrogens with one attached hydrogen (secondary N) is 1. The van der Waals surface area contributed by atoms with Crippen LogP contribution in [0.25, 0.3) is 0 Å². The summed E-state index contributed by atoms with van der Waals surface area (Å²) in [6, 6.07) is 0. The number of carboxylic acid groups (broad SMARTS) is 1. The molecule has 0 bridgehead atoms. The van der Waals surface area contributed by atoms with E-state index in [4.69, 9.17) is 4.74 Å². The zero-order valence-corrected chi connectivity index (χ0v) is 12.8. The molecule has 0 unspecified atom stereocenters. The molecule has 0 atom stereocenters. The van der Waals surface area contributed by atoms with Gasteiger partial charge >= 0.3 is 41.6 Å². The molecule has 0 spiro atoms. The van der Waals surface area contributed by atoms with E-state index in [1.54, 1.807) is 20.8 Å². The van der Waals surface area contributed by atoms with Crippen molar-refractivity contribution >= 4 is 12.1 Å². The van der Waals surface area contributed by atoms with Crippen molar-refractivity contribution in [3.8, 4) is 0 Å². The summed E-state index contributed by atoms with van der Waals surface area (Å²) in [5.74, 6) is -6.75. The molecule has 1 N–H and O–H groups in total. The topological polar surface area (TPSA) is 78.5 Å². The van der Waals surface area contributed by atoms with Crippen LogP contribution < -0.4 is 40.0 Å². The second kappa shape index (κ2) is 7.06. The first-order valence-corrected chi connectivity index (χ1v) is 4.71. The molecule has 1 amide bonds. The van der Waals surface area contributed by atoms with Crippen LogP contribution in [0, 0.1) is 0 Å². The van der Waals surface area contributed by atoms with Crippen LogP contribution >= 0.6 is 0 Å². The van der Waals surface area contributed by atoms with Crippen LogP contribution in [0.5, 0.6) is 0 Å². The minimum atomic E-state index is -4.19. The minimum absolute atomic E-state index is 0. The predicted octanol–water partition coefficient (Wildman–Crippen LogP) is -2.54. The van der Waals surface area contributed by atoms with E-state index in [0.29, 0.717) is 0 Å². The Morgan fingerprint density at radius 3 is 2.11 bits per heavy atom. The molecule has 18 heavy (non-hydrogen) atoms. The van der Waals surface area contributed by atoms with E-state index < -0.39 is 35.7 Å². The number of rotatable bonds is 4. The van der Waals surface area contributed by atoms with Gasteiger partial charge in [-0.3, -0.25) is 0 Å². The molecular formula is C10H14F2NNaO4. The van der Waals surface area contributed by atoms with E-state index in [-0.39, 0.29) is 29.6 Å². The molecule has 0 saturated carbocycles. The van der Waals surface area contributed by atoms with Crippen LogP contribution in [0.3, 0.4) is 0 Å². The molecule has 0 heterocycles. The summed E-state index contributed by atoms with van der Waals surface area (Å²) >= 11 is 0. The summed E-state index contributed by atoms with van der Waals surface area (Å²) in [5, 5.41) is 12.0. The molecule has 0 aromatic rings. The van der Waals surface area contributed by atoms with Crippen molar-refractivity contribution in [1.29, 1.82) is 0 Å². The number of amides is 1. The third-order valence-electron chi connectivity index (χ3n) is 1.55. The summed E-state index contributed by atoms with van der Waals surface area (Å²) < 4.78 is 30.3. The first kappa shape index (κ1) is 19.7. The van der Waals surface area contributed by atoms with Gasteiger partial charge in [-0.25, -0.2) is 4.79 Å². The van der Waals surface area contributed by atoms with Crippen molar-refractivity contribution in [2.75, 3.05) is 6.54 Å². The fourth-order valence-corrected chi connectivity index (χ4v) is 0.748. The Morgan fingerprint density at radius 1 is 1.33 bits per heavy atom. The van der Waals surface area contributed by atoms with Gasteiger partial charge in [0.15, 0.2) is 0 Å². The van der Waals surface area contributed by atoms with Crippen LogP contribution in [0.15, 0.2) is 12.2 Å². The zero-order chi connectivity index (χ0) is 13.9. The number of alkyl halides is 2. The van der Waals surface area contributed by atoms with Gasteiger partial charge in [-0.1, -0.05) is 6.58 Å². The summed E-state index contributed by atoms with van der Waals surface area (Å²) in [6.07, 6.45) is -0.937. The van der Waals surface area contributed by atoms with E-state index in [1.165, 1.54) is 0 Å². The maximum atomic E-state index is 12.8. The van der Waals surface area contributed by atoms with Gasteiger partial charge in [0.05, 0.1) is 0 Å². The summed E-state index contributed by atoms with van der Waals surface area (Å²) in [4.78, 5) is 21.1. The number of halogens is 2. The molecule has 0 fully saturated rings. The number of carboxylic acids is 1. The second-order valence-electron chi connectivity index (χ2n) is 4.32. The number of carbonyl (C=O) groups is 2. The fourth-order valence-electron chi connectivity index (χ4n) is 0.748. The average Bonchev–Trinajstić information content (AvgIpc) is 2.10. The van der Waals surface area contributed by atoms with Gasteiger partial charge in [0, 0.05) is 12.1 Å². The summed E-state index contributed by atoms with van der Waals surface area (Å²) in [7, 11) is 0. The Labute approximate surface area is 126 Å². The Bertz CT molecular complexity index is 339. The normalized spacial score (nSPS) is 11.2. The SMILES string of the molecule is C=C(CNC(=O)OC(C)(C)C)C(F)(F)C(=O)[O-].[Na+]. The first-order chi connectivity index (χ1) is 7.47. The number of ether oxygens (including phenoxy) is 1. The van der Waals surface area contributed by atoms with E-state index in [1.807, 2.05) is 5.32 Å². The molecule has 0 saturated heterocycles. The van der Waals surface area contributed by atoms with E-state index in [0.717, 1.165) is 0 Å². The van der Waals surface area contributed by atoms with Crippen molar-refractivity contribution in [2.24, 2.45) is 0 Å². The second-order valence-corrected chi connectivity index (χ2v) is 4.32. The van der Waals surface area contributed by atoms with Gasteiger partial charge in [-0.15, -0.1) is 0 Å². The average molecular weight is 273 g/mol. The molecule has 0 aromatic heterocycles. The van der Waals surface area contributed by atoms with E-state index >= 15 is 0 Å². The Balaban J connectivity index is 0. The maximum absolute atomic E-state index is 12.8. The molecule has 0 rings (SSSR count). The van der Waals surface area contributed by atoms with Crippen LogP contribution in [0.2, 0.25) is 0 Å². The standard InChI is InChI=1S/C10H15F2NO4.Na/c1-6(10(11,12)7(14)15)5-13-8(16)17-9(2,3)4;/h1,5H2,2-4H3,(H,13,16)(H,14,15);/q;+1/p-1. The van der Waals surface area contributed by atoms with Crippen molar-refractivity contribution < 1.29 is 57.8 Å². The van der Waals surface area contributed by atoms with Gasteiger partial charge in [-0.05, 0) is 20.8 Å². The van der Waals surface area contributed by atoms with E-state index in [9.17, 15) is 23.5 Å². The number of hydrogen-bond donors (Lipinski definition) is 1. The molecular weight excluding hydrogens is 259 g/mol. The van der Waals surface area contributed by atoms with Gasteiger partial charge in [0.1, 0.15) is 11.6 Å². The molecule has 5 nitrogen and oxygen atoms in total. The Morgan fingerprint density at radius 2 is 1.78 bits per heavy atom. The molecule has 0 aliphatic carbocycles. The summed E-state index contributed by atoms with van der Waals surface area (Å²) in [5.41, 5.74) is -1.76. The third kappa shape index (κ3) is 6.93. The molecule has 0 aliphatic heterocycles. The fraction of sp³-hybridized carbons (Fsp3) is 0.600. The van der Waals surface area contributed by atoms with Gasteiger partial charge in [-0.2, -0.15) is 8.78 Å². The number of hydrogen-bond acceptors (Lipinski definition) is 4. The molecule has 0 aliphatic rings. The van der Waals surface area contributed by atoms with Crippen molar-refractivity contribution in [3.05, 3.63) is 12.2 Å². The Kier molecular flexibility index (Phi) is 7.71. The van der Waals surface area contributed by atoms with Crippen molar-refractivity contribution in [1.82, 2.24) is 5.32 Å². The molecule has 0 radical (unpaired) electrons. The van der Waals surface area contributed by atoms with Crippen LogP contribution in [-0.4, -0.2) is 30.1 Å². The number of alkyl carbamates (subject to hydrolysis) is 1.